The molecule has 0 saturated heterocycles. The molecule has 0 aromatic heterocycles. The average Bonchev–Trinajstić information content (AvgIpc) is 2.73. The summed E-state index contributed by atoms with van der Waals surface area (Å²) in [7, 11) is 3.19. The van der Waals surface area contributed by atoms with Crippen LogP contribution in [0.25, 0.3) is 5.70 Å². The summed E-state index contributed by atoms with van der Waals surface area (Å²) in [6, 6.07) is 12.8. The SMILES string of the molecule is COc1cc2c(cc1OC)/C(=C/C(=O)CCNC(=O)c1ccccc1)NCC2. The third-order valence-corrected chi connectivity index (χ3v) is 4.61. The summed E-state index contributed by atoms with van der Waals surface area (Å²) in [6.45, 7) is 1.03. The molecule has 6 nitrogen and oxygen atoms in total. The highest BCUT2D eigenvalue weighted by Crippen LogP contribution is 2.34. The van der Waals surface area contributed by atoms with E-state index in [-0.39, 0.29) is 24.7 Å². The molecule has 2 aromatic rings. The zero-order chi connectivity index (χ0) is 19.9. The Kier molecular flexibility index (Phi) is 6.32. The van der Waals surface area contributed by atoms with E-state index in [1.807, 2.05) is 18.2 Å². The minimum Gasteiger partial charge on any atom is -0.493 e. The fourth-order valence-electron chi connectivity index (χ4n) is 3.16. The Bertz CT molecular complexity index is 891. The Morgan fingerprint density at radius 1 is 1.11 bits per heavy atom. The number of methoxy groups -OCH3 is 2. The Morgan fingerprint density at radius 3 is 2.54 bits per heavy atom. The Balaban J connectivity index is 1.66. The van der Waals surface area contributed by atoms with Gasteiger partial charge in [0.05, 0.1) is 14.2 Å². The molecule has 0 atom stereocenters. The quantitative estimate of drug-likeness (QED) is 0.722. The van der Waals surface area contributed by atoms with Crippen LogP contribution in [0.15, 0.2) is 48.5 Å². The van der Waals surface area contributed by atoms with Gasteiger partial charge in [0, 0.05) is 42.4 Å². The van der Waals surface area contributed by atoms with Gasteiger partial charge in [-0.3, -0.25) is 9.59 Å². The predicted molar refractivity (Wildman–Crippen MR) is 108 cm³/mol. The van der Waals surface area contributed by atoms with Crippen LogP contribution in [0.5, 0.6) is 11.5 Å². The number of rotatable bonds is 7. The van der Waals surface area contributed by atoms with Gasteiger partial charge in [0.1, 0.15) is 0 Å². The highest BCUT2D eigenvalue weighted by Gasteiger charge is 2.18. The van der Waals surface area contributed by atoms with Gasteiger partial charge in [-0.1, -0.05) is 18.2 Å². The normalized spacial score (nSPS) is 14.0. The second-order valence-electron chi connectivity index (χ2n) is 6.44. The number of fused-ring (bicyclic) bond motifs is 1. The van der Waals surface area contributed by atoms with Crippen molar-refractivity contribution in [2.45, 2.75) is 12.8 Å². The molecule has 2 N–H and O–H groups in total. The van der Waals surface area contributed by atoms with E-state index in [4.69, 9.17) is 9.47 Å². The lowest BCUT2D eigenvalue weighted by atomic mass is 9.96. The van der Waals surface area contributed by atoms with Crippen LogP contribution in [-0.4, -0.2) is 39.0 Å². The standard InChI is InChI=1S/C22H24N2O4/c1-27-20-12-16-8-10-23-19(18(16)14-21(20)28-2)13-17(25)9-11-24-22(26)15-6-4-3-5-7-15/h3-7,12-14,23H,8-11H2,1-2H3,(H,24,26)/b19-13-. The van der Waals surface area contributed by atoms with Crippen molar-refractivity contribution < 1.29 is 19.1 Å². The summed E-state index contributed by atoms with van der Waals surface area (Å²) >= 11 is 0. The summed E-state index contributed by atoms with van der Waals surface area (Å²) in [5.74, 6) is 1.06. The van der Waals surface area contributed by atoms with Crippen molar-refractivity contribution in [3.8, 4) is 11.5 Å². The molecule has 1 aliphatic rings. The van der Waals surface area contributed by atoms with Gasteiger partial charge in [0.25, 0.3) is 5.91 Å². The van der Waals surface area contributed by atoms with E-state index < -0.39 is 0 Å². The molecule has 1 amide bonds. The number of nitrogens with one attached hydrogen (secondary N) is 2. The summed E-state index contributed by atoms with van der Waals surface area (Å²) in [4.78, 5) is 24.4. The van der Waals surface area contributed by atoms with E-state index in [0.29, 0.717) is 17.1 Å². The Morgan fingerprint density at radius 2 is 1.82 bits per heavy atom. The average molecular weight is 380 g/mol. The summed E-state index contributed by atoms with van der Waals surface area (Å²) in [5, 5.41) is 6.05. The van der Waals surface area contributed by atoms with Crippen LogP contribution in [0.1, 0.15) is 27.9 Å². The number of amides is 1. The van der Waals surface area contributed by atoms with Gasteiger partial charge in [-0.25, -0.2) is 0 Å². The van der Waals surface area contributed by atoms with Gasteiger partial charge < -0.3 is 20.1 Å². The highest BCUT2D eigenvalue weighted by atomic mass is 16.5. The zero-order valence-corrected chi connectivity index (χ0v) is 16.1. The first-order valence-electron chi connectivity index (χ1n) is 9.19. The van der Waals surface area contributed by atoms with E-state index in [1.165, 1.54) is 0 Å². The molecule has 1 aliphatic heterocycles. The minimum absolute atomic E-state index is 0.0569. The second-order valence-corrected chi connectivity index (χ2v) is 6.44. The molecular formula is C22H24N2O4. The molecule has 0 spiro atoms. The molecule has 0 radical (unpaired) electrons. The first-order chi connectivity index (χ1) is 13.6. The van der Waals surface area contributed by atoms with Crippen molar-refractivity contribution >= 4 is 17.4 Å². The van der Waals surface area contributed by atoms with Gasteiger partial charge in [-0.05, 0) is 36.2 Å². The van der Waals surface area contributed by atoms with Crippen molar-refractivity contribution in [2.24, 2.45) is 0 Å². The van der Waals surface area contributed by atoms with Crippen LogP contribution in [0, 0.1) is 0 Å². The van der Waals surface area contributed by atoms with Crippen molar-refractivity contribution in [3.05, 3.63) is 65.2 Å². The number of carbonyl (C=O) groups is 2. The number of ketones is 1. The largest absolute Gasteiger partial charge is 0.493 e. The van der Waals surface area contributed by atoms with Crippen LogP contribution in [0.2, 0.25) is 0 Å². The van der Waals surface area contributed by atoms with E-state index in [1.54, 1.807) is 44.6 Å². The number of hydrogen-bond acceptors (Lipinski definition) is 5. The summed E-state index contributed by atoms with van der Waals surface area (Å²) in [6.07, 6.45) is 2.67. The molecule has 0 unspecified atom stereocenters. The predicted octanol–water partition coefficient (Wildman–Crippen LogP) is 2.58. The smallest absolute Gasteiger partial charge is 0.251 e. The van der Waals surface area contributed by atoms with Crippen molar-refractivity contribution in [3.63, 3.8) is 0 Å². The molecule has 0 aliphatic carbocycles. The van der Waals surface area contributed by atoms with Crippen LogP contribution in [-0.2, 0) is 11.2 Å². The number of allylic oxidation sites excluding steroid dienone is 1. The fourth-order valence-corrected chi connectivity index (χ4v) is 3.16. The maximum atomic E-state index is 12.4. The monoisotopic (exact) mass is 380 g/mol. The zero-order valence-electron chi connectivity index (χ0n) is 16.1. The molecule has 2 aromatic carbocycles. The first kappa shape index (κ1) is 19.5. The third-order valence-electron chi connectivity index (χ3n) is 4.61. The van der Waals surface area contributed by atoms with Gasteiger partial charge in [0.2, 0.25) is 0 Å². The molecule has 3 rings (SSSR count). The molecule has 28 heavy (non-hydrogen) atoms. The third kappa shape index (κ3) is 4.52. The molecule has 6 heteroatoms. The minimum atomic E-state index is -0.181. The topological polar surface area (TPSA) is 76.7 Å². The van der Waals surface area contributed by atoms with Crippen molar-refractivity contribution in [2.75, 3.05) is 27.3 Å². The van der Waals surface area contributed by atoms with Gasteiger partial charge in [-0.2, -0.15) is 0 Å². The van der Waals surface area contributed by atoms with Gasteiger partial charge in [-0.15, -0.1) is 0 Å². The maximum absolute atomic E-state index is 12.4. The lowest BCUT2D eigenvalue weighted by Crippen LogP contribution is -2.26. The molecule has 146 valence electrons. The van der Waals surface area contributed by atoms with Crippen LogP contribution in [0.3, 0.4) is 0 Å². The van der Waals surface area contributed by atoms with Crippen LogP contribution >= 0.6 is 0 Å². The Labute approximate surface area is 164 Å². The number of carbonyl (C=O) groups excluding carboxylic acids is 2. The van der Waals surface area contributed by atoms with E-state index >= 15 is 0 Å². The molecule has 1 heterocycles. The van der Waals surface area contributed by atoms with Crippen molar-refractivity contribution in [1.29, 1.82) is 0 Å². The highest BCUT2D eigenvalue weighted by molar-refractivity contribution is 5.98. The lowest BCUT2D eigenvalue weighted by Gasteiger charge is -2.23. The second kappa shape index (κ2) is 9.08. The molecule has 0 saturated carbocycles. The summed E-state index contributed by atoms with van der Waals surface area (Å²) in [5.41, 5.74) is 3.39. The fraction of sp³-hybridized carbons (Fsp3) is 0.273. The van der Waals surface area contributed by atoms with Crippen molar-refractivity contribution in [1.82, 2.24) is 10.6 Å². The van der Waals surface area contributed by atoms with Gasteiger partial charge in [0.15, 0.2) is 17.3 Å². The van der Waals surface area contributed by atoms with E-state index in [2.05, 4.69) is 10.6 Å². The molecule has 0 fully saturated rings. The Hall–Kier alpha value is -3.28. The van der Waals surface area contributed by atoms with E-state index in [9.17, 15) is 9.59 Å². The molecule has 0 bridgehead atoms. The number of hydrogen-bond donors (Lipinski definition) is 2. The van der Waals surface area contributed by atoms with Crippen LogP contribution < -0.4 is 20.1 Å². The molecular weight excluding hydrogens is 356 g/mol. The first-order valence-corrected chi connectivity index (χ1v) is 9.19. The van der Waals surface area contributed by atoms with E-state index in [0.717, 1.165) is 29.8 Å². The van der Waals surface area contributed by atoms with Gasteiger partial charge >= 0.3 is 0 Å². The number of ether oxygens (including phenoxy) is 2. The maximum Gasteiger partial charge on any atom is 0.251 e. The number of benzene rings is 2. The van der Waals surface area contributed by atoms with Crippen LogP contribution in [0.4, 0.5) is 0 Å². The lowest BCUT2D eigenvalue weighted by molar-refractivity contribution is -0.114. The summed E-state index contributed by atoms with van der Waals surface area (Å²) < 4.78 is 10.7.